The van der Waals surface area contributed by atoms with Gasteiger partial charge in [-0.05, 0) is 54.1 Å². The van der Waals surface area contributed by atoms with Gasteiger partial charge in [-0.1, -0.05) is 35.9 Å². The van der Waals surface area contributed by atoms with E-state index in [-0.39, 0.29) is 17.1 Å². The number of anilines is 1. The molecule has 0 heterocycles. The molecule has 3 aromatic rings. The summed E-state index contributed by atoms with van der Waals surface area (Å²) in [6.45, 7) is -0.0597. The molecule has 7 heteroatoms. The Morgan fingerprint density at radius 2 is 1.70 bits per heavy atom. The van der Waals surface area contributed by atoms with E-state index in [1.165, 1.54) is 37.4 Å². The summed E-state index contributed by atoms with van der Waals surface area (Å²) in [6.07, 6.45) is 0. The highest BCUT2D eigenvalue weighted by Gasteiger charge is 2.27. The minimum absolute atomic E-state index is 0.0340. The monoisotopic (exact) mass is 405 g/mol. The van der Waals surface area contributed by atoms with E-state index in [9.17, 15) is 12.8 Å². The summed E-state index contributed by atoms with van der Waals surface area (Å²) < 4.78 is 47.1. The third kappa shape index (κ3) is 4.23. The summed E-state index contributed by atoms with van der Waals surface area (Å²) in [7, 11) is -2.52. The zero-order valence-electron chi connectivity index (χ0n) is 14.5. The predicted molar refractivity (Wildman–Crippen MR) is 104 cm³/mol. The number of hydrogen-bond acceptors (Lipinski definition) is 3. The van der Waals surface area contributed by atoms with E-state index in [1.807, 2.05) is 0 Å². The smallest absolute Gasteiger partial charge is 0.264 e. The second-order valence-electron chi connectivity index (χ2n) is 5.77. The lowest BCUT2D eigenvalue weighted by Gasteiger charge is -2.25. The van der Waals surface area contributed by atoms with Gasteiger partial charge in [-0.3, -0.25) is 4.31 Å². The van der Waals surface area contributed by atoms with Crippen molar-refractivity contribution >= 4 is 27.3 Å². The number of sulfonamides is 1. The van der Waals surface area contributed by atoms with Crippen molar-refractivity contribution in [1.29, 1.82) is 0 Å². The minimum atomic E-state index is -4.02. The summed E-state index contributed by atoms with van der Waals surface area (Å²) >= 11 is 6.01. The zero-order valence-corrected chi connectivity index (χ0v) is 16.0. The fourth-order valence-electron chi connectivity index (χ4n) is 2.63. The average Bonchev–Trinajstić information content (AvgIpc) is 2.67. The summed E-state index contributed by atoms with van der Waals surface area (Å²) in [5.74, 6) is -0.0992. The summed E-state index contributed by atoms with van der Waals surface area (Å²) in [5.41, 5.74) is 0.608. The van der Waals surface area contributed by atoms with Crippen LogP contribution < -0.4 is 9.04 Å². The first-order chi connectivity index (χ1) is 12.9. The molecule has 0 aliphatic rings. The van der Waals surface area contributed by atoms with E-state index in [2.05, 4.69) is 0 Å². The Balaban J connectivity index is 2.09. The van der Waals surface area contributed by atoms with Crippen LogP contribution >= 0.6 is 11.6 Å². The van der Waals surface area contributed by atoms with Crippen molar-refractivity contribution in [3.63, 3.8) is 0 Å². The molecule has 0 saturated heterocycles. The van der Waals surface area contributed by atoms with Gasteiger partial charge in [0.25, 0.3) is 10.0 Å². The Labute approximate surface area is 162 Å². The van der Waals surface area contributed by atoms with E-state index in [0.29, 0.717) is 16.3 Å². The van der Waals surface area contributed by atoms with Crippen molar-refractivity contribution < 1.29 is 17.5 Å². The van der Waals surface area contributed by atoms with Crippen LogP contribution in [0, 0.1) is 5.82 Å². The highest BCUT2D eigenvalue weighted by atomic mass is 35.5. The van der Waals surface area contributed by atoms with Crippen molar-refractivity contribution in [2.75, 3.05) is 11.4 Å². The lowest BCUT2D eigenvalue weighted by atomic mass is 10.2. The molecule has 0 aliphatic heterocycles. The predicted octanol–water partition coefficient (Wildman–Crippen LogP) is 4.88. The van der Waals surface area contributed by atoms with Crippen LogP contribution in [0.2, 0.25) is 5.02 Å². The molecule has 0 N–H and O–H groups in total. The van der Waals surface area contributed by atoms with Gasteiger partial charge < -0.3 is 4.74 Å². The molecule has 4 nitrogen and oxygen atoms in total. The quantitative estimate of drug-likeness (QED) is 0.587. The molecule has 27 heavy (non-hydrogen) atoms. The van der Waals surface area contributed by atoms with E-state index < -0.39 is 15.8 Å². The number of para-hydroxylation sites is 1. The normalized spacial score (nSPS) is 11.2. The van der Waals surface area contributed by atoms with Gasteiger partial charge in [0, 0.05) is 5.02 Å². The Morgan fingerprint density at radius 1 is 1.00 bits per heavy atom. The van der Waals surface area contributed by atoms with Crippen molar-refractivity contribution in [3.8, 4) is 5.75 Å². The maximum Gasteiger partial charge on any atom is 0.264 e. The molecule has 0 atom stereocenters. The molecule has 0 fully saturated rings. The van der Waals surface area contributed by atoms with Gasteiger partial charge in [-0.15, -0.1) is 0 Å². The third-order valence-corrected chi connectivity index (χ3v) is 5.99. The molecule has 0 bridgehead atoms. The van der Waals surface area contributed by atoms with Crippen LogP contribution in [0.1, 0.15) is 5.56 Å². The van der Waals surface area contributed by atoms with Crippen LogP contribution in [0.5, 0.6) is 5.75 Å². The third-order valence-electron chi connectivity index (χ3n) is 3.98. The topological polar surface area (TPSA) is 46.6 Å². The van der Waals surface area contributed by atoms with Gasteiger partial charge in [-0.2, -0.15) is 0 Å². The summed E-state index contributed by atoms with van der Waals surface area (Å²) in [4.78, 5) is 0.0357. The Morgan fingerprint density at radius 3 is 2.33 bits per heavy atom. The average molecular weight is 406 g/mol. The van der Waals surface area contributed by atoms with Crippen LogP contribution in [0.15, 0.2) is 77.7 Å². The number of rotatable bonds is 6. The van der Waals surface area contributed by atoms with E-state index in [4.69, 9.17) is 16.3 Å². The fourth-order valence-corrected chi connectivity index (χ4v) is 4.30. The molecule has 0 unspecified atom stereocenters. The number of hydrogen-bond donors (Lipinski definition) is 0. The van der Waals surface area contributed by atoms with Crippen LogP contribution in [0.4, 0.5) is 10.1 Å². The van der Waals surface area contributed by atoms with Gasteiger partial charge in [-0.25, -0.2) is 12.8 Å². The molecule has 0 radical (unpaired) electrons. The van der Waals surface area contributed by atoms with Crippen LogP contribution in [0.3, 0.4) is 0 Å². The maximum atomic E-state index is 14.4. The first kappa shape index (κ1) is 19.2. The summed E-state index contributed by atoms with van der Waals surface area (Å²) in [5, 5.41) is 0.475. The van der Waals surface area contributed by atoms with Crippen molar-refractivity contribution in [3.05, 3.63) is 89.2 Å². The lowest BCUT2D eigenvalue weighted by Crippen LogP contribution is -2.31. The van der Waals surface area contributed by atoms with Crippen LogP contribution in [-0.4, -0.2) is 15.5 Å². The van der Waals surface area contributed by atoms with Gasteiger partial charge in [0.15, 0.2) is 0 Å². The number of halogens is 2. The molecule has 0 amide bonds. The second kappa shape index (κ2) is 7.98. The number of nitrogens with zero attached hydrogens (tertiary/aromatic N) is 1. The first-order valence-electron chi connectivity index (χ1n) is 8.07. The molecule has 0 saturated carbocycles. The van der Waals surface area contributed by atoms with Crippen LogP contribution in [0.25, 0.3) is 0 Å². The molecule has 140 valence electrons. The fraction of sp³-hybridized carbons (Fsp3) is 0.100. The van der Waals surface area contributed by atoms with E-state index in [0.717, 1.165) is 4.31 Å². The largest absolute Gasteiger partial charge is 0.497 e. The first-order valence-corrected chi connectivity index (χ1v) is 9.89. The Hall–Kier alpha value is -2.57. The molecule has 0 aliphatic carbocycles. The molecule has 0 aromatic heterocycles. The van der Waals surface area contributed by atoms with Gasteiger partial charge in [0.1, 0.15) is 11.6 Å². The van der Waals surface area contributed by atoms with Crippen LogP contribution in [-0.2, 0) is 16.6 Å². The number of benzene rings is 3. The molecule has 3 rings (SSSR count). The second-order valence-corrected chi connectivity index (χ2v) is 8.07. The van der Waals surface area contributed by atoms with E-state index in [1.54, 1.807) is 42.5 Å². The molecular weight excluding hydrogens is 389 g/mol. The standard InChI is InChI=1S/C20H17ClFNO3S/c1-26-17-9-11-18(12-10-17)27(24,25)23(20-8-3-2-7-19(20)22)14-15-5-4-6-16(21)13-15/h2-13H,14H2,1H3. The van der Waals surface area contributed by atoms with Crippen molar-refractivity contribution in [2.45, 2.75) is 11.4 Å². The van der Waals surface area contributed by atoms with Crippen molar-refractivity contribution in [1.82, 2.24) is 0 Å². The van der Waals surface area contributed by atoms with Gasteiger partial charge >= 0.3 is 0 Å². The molecular formula is C20H17ClFNO3S. The highest BCUT2D eigenvalue weighted by Crippen LogP contribution is 2.29. The maximum absolute atomic E-state index is 14.4. The van der Waals surface area contributed by atoms with E-state index >= 15 is 0 Å². The SMILES string of the molecule is COc1ccc(S(=O)(=O)N(Cc2cccc(Cl)c2)c2ccccc2F)cc1. The number of ether oxygens (including phenoxy) is 1. The van der Waals surface area contributed by atoms with Gasteiger partial charge in [0.05, 0.1) is 24.2 Å². The minimum Gasteiger partial charge on any atom is -0.497 e. The van der Waals surface area contributed by atoms with Crippen molar-refractivity contribution in [2.24, 2.45) is 0 Å². The molecule has 0 spiro atoms. The Kier molecular flexibility index (Phi) is 5.68. The summed E-state index contributed by atoms with van der Waals surface area (Å²) in [6, 6.07) is 18.5. The van der Waals surface area contributed by atoms with Gasteiger partial charge in [0.2, 0.25) is 0 Å². The highest BCUT2D eigenvalue weighted by molar-refractivity contribution is 7.92. The molecule has 3 aromatic carbocycles. The Bertz CT molecular complexity index is 1040. The lowest BCUT2D eigenvalue weighted by molar-refractivity contribution is 0.414. The number of methoxy groups -OCH3 is 1. The zero-order chi connectivity index (χ0) is 19.4.